The summed E-state index contributed by atoms with van der Waals surface area (Å²) in [6.45, 7) is 7.25. The monoisotopic (exact) mass is 997 g/mol. The first-order chi connectivity index (χ1) is 35.0. The number of methoxy groups -OCH3 is 2. The van der Waals surface area contributed by atoms with Crippen molar-refractivity contribution in [2.24, 2.45) is 11.8 Å². The molecule has 1 unspecified atom stereocenters. The van der Waals surface area contributed by atoms with Crippen LogP contribution in [0.5, 0.6) is 11.5 Å². The summed E-state index contributed by atoms with van der Waals surface area (Å²) in [5, 5.41) is 14.4. The number of aliphatic hydroxyl groups is 1. The highest BCUT2D eigenvalue weighted by Gasteiger charge is 2.40. The van der Waals surface area contributed by atoms with Crippen molar-refractivity contribution in [3.8, 4) is 11.5 Å². The van der Waals surface area contributed by atoms with E-state index in [1.54, 1.807) is 57.4 Å². The standard InChI is InChI=1S/C35H37N5O6.C14H19N5O4.CH3Cl/c1-22(2)32(41)38-34-37-31-30(33(42)39-34)36-21-40(31)29-19-18-28(46-29)20-45-35(23-8-6-5-7-9-23,24-10-14-26(43-3)15-11-24)25-12-16-27(44-4)17-13-25;1-7(2)12(21)17-14-16-11-10(13(22)18-14)15-6-19(11)9-4-3-8(5-20)23-9;1-2/h5-17,21-22,28-29H,18-20H2,1-4H3,(H2,37,38,39,41,42);6-9,20H,3-5H2,1-2H3,(H2,16,17,18,21,22);1H3/t28-,29+;8-,9+;/m00./s1/i;;1TD. The highest BCUT2D eigenvalue weighted by atomic mass is 35.5. The number of imidazole rings is 2. The maximum atomic E-state index is 12.7. The molecule has 2 fully saturated rings. The summed E-state index contributed by atoms with van der Waals surface area (Å²) in [7, 11) is 3.29. The van der Waals surface area contributed by atoms with Gasteiger partial charge in [0.05, 0.1) is 52.3 Å². The molecule has 3 aromatic carbocycles. The highest BCUT2D eigenvalue weighted by molar-refractivity contribution is 6.15. The fourth-order valence-corrected chi connectivity index (χ4v) is 8.25. The molecule has 0 spiro atoms. The Bertz CT molecular complexity index is 3030. The zero-order valence-electron chi connectivity index (χ0n) is 42.1. The minimum absolute atomic E-state index is 0.0488. The van der Waals surface area contributed by atoms with Crippen molar-refractivity contribution in [1.29, 1.82) is 0 Å². The number of aliphatic hydroxyl groups excluding tert-OH is 1. The summed E-state index contributed by atoms with van der Waals surface area (Å²) in [5.41, 5.74) is 2.02. The third kappa shape index (κ3) is 11.5. The van der Waals surface area contributed by atoms with Crippen molar-refractivity contribution in [1.82, 2.24) is 39.0 Å². The fraction of sp³-hybridized carbons (Fsp3) is 0.400. The Morgan fingerprint density at radius 2 is 1.18 bits per heavy atom. The largest absolute Gasteiger partial charge is 0.497 e. The first kappa shape index (κ1) is 49.0. The predicted molar refractivity (Wildman–Crippen MR) is 267 cm³/mol. The number of benzene rings is 3. The number of carbonyl (C=O) groups is 2. The minimum Gasteiger partial charge on any atom is -0.497 e. The van der Waals surface area contributed by atoms with E-state index in [0.717, 1.165) is 34.6 Å². The Morgan fingerprint density at radius 3 is 1.59 bits per heavy atom. The smallest absolute Gasteiger partial charge is 0.280 e. The van der Waals surface area contributed by atoms with E-state index in [1.807, 2.05) is 66.7 Å². The number of amides is 2. The first-order valence-electron chi connectivity index (χ1n) is 24.1. The topological polar surface area (TPSA) is 252 Å². The second-order valence-corrected chi connectivity index (χ2v) is 17.3. The summed E-state index contributed by atoms with van der Waals surface area (Å²) in [4.78, 5) is 71.1. The fourth-order valence-electron chi connectivity index (χ4n) is 8.25. The number of carbonyl (C=O) groups excluding carboxylic acids is 2. The van der Waals surface area contributed by atoms with Crippen molar-refractivity contribution in [3.63, 3.8) is 0 Å². The van der Waals surface area contributed by atoms with E-state index in [9.17, 15) is 19.2 Å². The van der Waals surface area contributed by atoms with E-state index in [-0.39, 0.29) is 78.2 Å². The van der Waals surface area contributed by atoms with Gasteiger partial charge in [-0.3, -0.25) is 48.9 Å². The molecule has 0 bridgehead atoms. The average Bonchev–Trinajstić information content (AvgIpc) is 4.22. The van der Waals surface area contributed by atoms with Gasteiger partial charge in [0.2, 0.25) is 23.7 Å². The van der Waals surface area contributed by atoms with Crippen molar-refractivity contribution < 1.29 is 41.1 Å². The Kier molecular flexibility index (Phi) is 16.1. The van der Waals surface area contributed by atoms with Crippen molar-refractivity contribution in [3.05, 3.63) is 129 Å². The molecule has 4 aromatic heterocycles. The zero-order chi connectivity index (χ0) is 52.4. The number of nitrogens with zero attached hydrogens (tertiary/aromatic N) is 6. The molecule has 0 radical (unpaired) electrons. The summed E-state index contributed by atoms with van der Waals surface area (Å²) in [5.74, 6) is 0.647. The molecule has 7 aromatic rings. The number of halogens is 1. The van der Waals surface area contributed by atoms with Gasteiger partial charge in [-0.2, -0.15) is 9.97 Å². The molecule has 5 N–H and O–H groups in total. The van der Waals surface area contributed by atoms with Gasteiger partial charge in [-0.1, -0.05) is 82.3 Å². The molecule has 376 valence electrons. The van der Waals surface area contributed by atoms with Gasteiger partial charge in [0.15, 0.2) is 22.3 Å². The van der Waals surface area contributed by atoms with Gasteiger partial charge in [-0.25, -0.2) is 9.97 Å². The van der Waals surface area contributed by atoms with Crippen molar-refractivity contribution >= 4 is 57.6 Å². The molecule has 5 atom stereocenters. The zero-order valence-corrected chi connectivity index (χ0v) is 40.9. The van der Waals surface area contributed by atoms with Crippen molar-refractivity contribution in [2.75, 3.05) is 44.4 Å². The van der Waals surface area contributed by atoms with Crippen LogP contribution >= 0.6 is 11.6 Å². The third-order valence-electron chi connectivity index (χ3n) is 12.1. The molecule has 21 heteroatoms. The molecule has 2 saturated heterocycles. The van der Waals surface area contributed by atoms with Gasteiger partial charge >= 0.3 is 0 Å². The van der Waals surface area contributed by atoms with E-state index in [4.69, 9.17) is 31.5 Å². The van der Waals surface area contributed by atoms with Crippen LogP contribution in [0, 0.1) is 11.8 Å². The van der Waals surface area contributed by atoms with E-state index in [1.165, 1.54) is 6.33 Å². The van der Waals surface area contributed by atoms with Gasteiger partial charge in [-0.15, -0.1) is 11.6 Å². The van der Waals surface area contributed by atoms with E-state index in [2.05, 4.69) is 64.3 Å². The van der Waals surface area contributed by atoms with E-state index in [0.29, 0.717) is 30.6 Å². The van der Waals surface area contributed by atoms with Crippen LogP contribution in [0.2, 0.25) is 0 Å². The number of ether oxygens (including phenoxy) is 5. The van der Waals surface area contributed by atoms with Crippen LogP contribution < -0.4 is 31.2 Å². The number of hydrogen-bond donors (Lipinski definition) is 5. The summed E-state index contributed by atoms with van der Waals surface area (Å²) in [6.07, 6.45) is 3.40. The summed E-state index contributed by atoms with van der Waals surface area (Å²) >= 11 is 4.61. The number of fused-ring (bicyclic) bond motifs is 2. The SMILES string of the molecule is CC(C)C(=O)Nc1nc2c(ncn2[C@H]2CC[C@@H](CO)O2)c(=O)[nH]1.COc1ccc(C(OC[C@@H]2CC[C@H](n3cnc4c(=O)[nH]c(NC(=O)C(C)C)nc43)O2)(c2ccccc2)c2ccc(OC)cc2)cc1.[2H]C([3H])Cl. The molecule has 0 aliphatic carbocycles. The molecule has 2 amide bonds. The quantitative estimate of drug-likeness (QED) is 0.0533. The second-order valence-electron chi connectivity index (χ2n) is 17.3. The number of hydrogen-bond acceptors (Lipinski definition) is 14. The van der Waals surface area contributed by atoms with E-state index >= 15 is 0 Å². The van der Waals surface area contributed by atoms with Crippen LogP contribution in [0.4, 0.5) is 11.9 Å². The average molecular weight is 999 g/mol. The van der Waals surface area contributed by atoms with Crippen LogP contribution in [0.15, 0.2) is 101 Å². The number of aromatic nitrogens is 8. The van der Waals surface area contributed by atoms with Crippen LogP contribution in [-0.4, -0.2) is 102 Å². The number of nitrogens with one attached hydrogen (secondary N) is 4. The molecule has 6 heterocycles. The lowest BCUT2D eigenvalue weighted by Crippen LogP contribution is -2.35. The number of alkyl halides is 1. The van der Waals surface area contributed by atoms with Crippen LogP contribution in [-0.2, 0) is 29.4 Å². The molecular weight excluding hydrogens is 936 g/mol. The molecule has 71 heavy (non-hydrogen) atoms. The number of H-pyrrole nitrogens is 2. The van der Waals surface area contributed by atoms with Gasteiger partial charge in [0.25, 0.3) is 11.1 Å². The second kappa shape index (κ2) is 23.3. The van der Waals surface area contributed by atoms with Crippen LogP contribution in [0.3, 0.4) is 0 Å². The lowest BCUT2D eigenvalue weighted by Gasteiger charge is -2.37. The normalized spacial score (nSPS) is 18.5. The lowest BCUT2D eigenvalue weighted by molar-refractivity contribution is -0.119. The Morgan fingerprint density at radius 1 is 0.761 bits per heavy atom. The molecule has 20 nitrogen and oxygen atoms in total. The van der Waals surface area contributed by atoms with Gasteiger partial charge in [0, 0.05) is 20.9 Å². The molecule has 2 aliphatic heterocycles. The summed E-state index contributed by atoms with van der Waals surface area (Å²) < 4.78 is 45.6. The van der Waals surface area contributed by atoms with Crippen LogP contribution in [0.1, 0.15) is 85.3 Å². The molecule has 2 aliphatic rings. The highest BCUT2D eigenvalue weighted by Crippen LogP contribution is 2.43. The number of aromatic amines is 2. The summed E-state index contributed by atoms with van der Waals surface area (Å²) in [6, 6.07) is 25.9. The van der Waals surface area contributed by atoms with Gasteiger partial charge in [0.1, 0.15) is 29.6 Å². The lowest BCUT2D eigenvalue weighted by atomic mass is 9.80. The van der Waals surface area contributed by atoms with Gasteiger partial charge in [-0.05, 0) is 66.6 Å². The Labute approximate surface area is 416 Å². The Balaban J connectivity index is 0.000000240. The molecule has 0 saturated carbocycles. The predicted octanol–water partition coefficient (Wildman–Crippen LogP) is 6.66. The van der Waals surface area contributed by atoms with Crippen LogP contribution in [0.25, 0.3) is 22.3 Å². The maximum Gasteiger partial charge on any atom is 0.280 e. The number of rotatable bonds is 15. The molecule has 9 rings (SSSR count). The molecular formula is C50H59ClN10O10. The van der Waals surface area contributed by atoms with Gasteiger partial charge < -0.3 is 28.8 Å². The maximum absolute atomic E-state index is 12.7. The Hall–Kier alpha value is -6.97. The number of anilines is 2. The first-order valence-corrected chi connectivity index (χ1v) is 23.4. The third-order valence-corrected chi connectivity index (χ3v) is 12.1. The van der Waals surface area contributed by atoms with Crippen molar-refractivity contribution in [2.45, 2.75) is 83.6 Å². The van der Waals surface area contributed by atoms with E-state index < -0.39 is 29.3 Å². The minimum atomic E-state index is -1.19.